The number of carbonyl (C=O) groups excluding carboxylic acids is 1. The van der Waals surface area contributed by atoms with Crippen molar-refractivity contribution >= 4 is 63.5 Å². The number of benzene rings is 1. The summed E-state index contributed by atoms with van der Waals surface area (Å²) < 4.78 is 6.27. The molecule has 3 rings (SSSR count). The molecular weight excluding hydrogens is 361 g/mol. The number of hydrogen-bond donors (Lipinski definition) is 0. The Morgan fingerprint density at radius 3 is 2.50 bits per heavy atom. The van der Waals surface area contributed by atoms with E-state index in [2.05, 4.69) is 0 Å². The van der Waals surface area contributed by atoms with Crippen molar-refractivity contribution in [2.75, 3.05) is 7.05 Å². The van der Waals surface area contributed by atoms with Gasteiger partial charge < -0.3 is 4.42 Å². The van der Waals surface area contributed by atoms with Crippen LogP contribution in [0.4, 0.5) is 0 Å². The molecule has 22 heavy (non-hydrogen) atoms. The first-order valence-electron chi connectivity index (χ1n) is 6.22. The molecule has 1 aliphatic rings. The Labute approximate surface area is 146 Å². The summed E-state index contributed by atoms with van der Waals surface area (Å²) in [5.41, 5.74) is 0.778. The minimum atomic E-state index is -0.126. The fourth-order valence-corrected chi connectivity index (χ4v) is 3.64. The number of carbonyl (C=O) groups is 1. The van der Waals surface area contributed by atoms with Gasteiger partial charge in [-0.25, -0.2) is 0 Å². The minimum absolute atomic E-state index is 0.126. The Bertz CT molecular complexity index is 793. The highest BCUT2D eigenvalue weighted by Crippen LogP contribution is 2.33. The molecular formula is C15H9Cl2NO2S2. The van der Waals surface area contributed by atoms with Crippen molar-refractivity contribution in [1.29, 1.82) is 0 Å². The lowest BCUT2D eigenvalue weighted by Crippen LogP contribution is -2.22. The number of rotatable bonds is 2. The topological polar surface area (TPSA) is 33.5 Å². The average Bonchev–Trinajstić information content (AvgIpc) is 3.00. The number of amides is 1. The molecule has 2 aromatic rings. The van der Waals surface area contributed by atoms with Gasteiger partial charge in [-0.3, -0.25) is 9.69 Å². The summed E-state index contributed by atoms with van der Waals surface area (Å²) in [5.74, 6) is 1.07. The normalized spacial score (nSPS) is 16.9. The second-order valence-electron chi connectivity index (χ2n) is 4.60. The van der Waals surface area contributed by atoms with Crippen LogP contribution in [-0.2, 0) is 4.79 Å². The maximum absolute atomic E-state index is 12.0. The maximum atomic E-state index is 12.0. The molecule has 0 unspecified atom stereocenters. The Morgan fingerprint density at radius 2 is 1.91 bits per heavy atom. The van der Waals surface area contributed by atoms with E-state index < -0.39 is 0 Å². The van der Waals surface area contributed by atoms with Gasteiger partial charge in [-0.1, -0.05) is 47.2 Å². The van der Waals surface area contributed by atoms with E-state index in [0.717, 1.165) is 5.56 Å². The number of nitrogens with zero attached hydrogens (tertiary/aromatic N) is 1. The van der Waals surface area contributed by atoms with Gasteiger partial charge in [0.2, 0.25) is 0 Å². The zero-order valence-electron chi connectivity index (χ0n) is 11.3. The van der Waals surface area contributed by atoms with E-state index in [0.29, 0.717) is 30.8 Å². The van der Waals surface area contributed by atoms with Gasteiger partial charge in [-0.05, 0) is 30.3 Å². The molecule has 1 amide bonds. The Hall–Kier alpha value is -1.27. The number of thiocarbonyl (C=S) groups is 1. The largest absolute Gasteiger partial charge is 0.457 e. The molecule has 0 spiro atoms. The molecule has 0 radical (unpaired) electrons. The summed E-state index contributed by atoms with van der Waals surface area (Å²) in [6.07, 6.45) is 1.68. The van der Waals surface area contributed by atoms with E-state index in [1.54, 1.807) is 43.5 Å². The molecule has 1 aromatic heterocycles. The summed E-state index contributed by atoms with van der Waals surface area (Å²) in [5, 5.41) is 1.07. The molecule has 0 bridgehead atoms. The van der Waals surface area contributed by atoms with Crippen molar-refractivity contribution in [3.8, 4) is 11.3 Å². The van der Waals surface area contributed by atoms with Gasteiger partial charge in [-0.15, -0.1) is 0 Å². The second-order valence-corrected chi connectivity index (χ2v) is 7.15. The van der Waals surface area contributed by atoms with Gasteiger partial charge in [0, 0.05) is 28.7 Å². The zero-order valence-corrected chi connectivity index (χ0v) is 14.4. The van der Waals surface area contributed by atoms with Crippen LogP contribution in [0, 0.1) is 0 Å². The van der Waals surface area contributed by atoms with Crippen LogP contribution >= 0.6 is 47.2 Å². The van der Waals surface area contributed by atoms with E-state index in [-0.39, 0.29) is 5.91 Å². The van der Waals surface area contributed by atoms with Crippen LogP contribution in [0.5, 0.6) is 0 Å². The van der Waals surface area contributed by atoms with Crippen LogP contribution in [0.1, 0.15) is 5.76 Å². The zero-order chi connectivity index (χ0) is 15.9. The van der Waals surface area contributed by atoms with Gasteiger partial charge in [0.05, 0.1) is 4.91 Å². The number of furan rings is 1. The van der Waals surface area contributed by atoms with Gasteiger partial charge in [0.25, 0.3) is 5.91 Å². The lowest BCUT2D eigenvalue weighted by atomic mass is 10.2. The molecule has 0 saturated carbocycles. The molecule has 0 aliphatic carbocycles. The van der Waals surface area contributed by atoms with Crippen LogP contribution < -0.4 is 0 Å². The fourth-order valence-electron chi connectivity index (χ4n) is 1.96. The van der Waals surface area contributed by atoms with Crippen molar-refractivity contribution in [2.24, 2.45) is 0 Å². The summed E-state index contributed by atoms with van der Waals surface area (Å²) in [4.78, 5) is 13.9. The highest BCUT2D eigenvalue weighted by Gasteiger charge is 2.29. The number of hydrogen-bond acceptors (Lipinski definition) is 4. The smallest absolute Gasteiger partial charge is 0.266 e. The number of halogens is 2. The van der Waals surface area contributed by atoms with Crippen LogP contribution in [0.2, 0.25) is 10.0 Å². The second kappa shape index (κ2) is 6.08. The first-order chi connectivity index (χ1) is 10.4. The first-order valence-corrected chi connectivity index (χ1v) is 8.20. The molecule has 1 fully saturated rings. The molecule has 0 atom stereocenters. The lowest BCUT2D eigenvalue weighted by molar-refractivity contribution is -0.121. The SMILES string of the molecule is CN1C(=O)/C(=C/c2ccc(-c3cc(Cl)cc(Cl)c3)o2)SC1=S. The predicted molar refractivity (Wildman–Crippen MR) is 95.1 cm³/mol. The molecule has 1 saturated heterocycles. The maximum Gasteiger partial charge on any atom is 0.266 e. The highest BCUT2D eigenvalue weighted by molar-refractivity contribution is 8.26. The quantitative estimate of drug-likeness (QED) is 0.545. The van der Waals surface area contributed by atoms with E-state index in [1.165, 1.54) is 16.7 Å². The standard InChI is InChI=1S/C15H9Cl2NO2S2/c1-18-14(19)13(22-15(18)21)7-11-2-3-12(20-11)8-4-9(16)6-10(17)5-8/h2-7H,1H3/b13-7-. The molecule has 2 heterocycles. The van der Waals surface area contributed by atoms with Crippen LogP contribution in [0.3, 0.4) is 0 Å². The summed E-state index contributed by atoms with van der Waals surface area (Å²) in [6, 6.07) is 8.78. The Balaban J connectivity index is 1.91. The van der Waals surface area contributed by atoms with Gasteiger partial charge in [0.15, 0.2) is 0 Å². The van der Waals surface area contributed by atoms with Crippen LogP contribution in [0.25, 0.3) is 17.4 Å². The van der Waals surface area contributed by atoms with Crippen molar-refractivity contribution in [1.82, 2.24) is 4.90 Å². The summed E-state index contributed by atoms with van der Waals surface area (Å²) in [7, 11) is 1.65. The van der Waals surface area contributed by atoms with Gasteiger partial charge in [0.1, 0.15) is 15.8 Å². The van der Waals surface area contributed by atoms with Crippen molar-refractivity contribution in [3.63, 3.8) is 0 Å². The molecule has 1 aromatic carbocycles. The van der Waals surface area contributed by atoms with E-state index in [1.807, 2.05) is 0 Å². The third-order valence-corrected chi connectivity index (χ3v) is 4.95. The summed E-state index contributed by atoms with van der Waals surface area (Å²) >= 11 is 18.3. The fraction of sp³-hybridized carbons (Fsp3) is 0.0667. The Kier molecular flexibility index (Phi) is 4.32. The van der Waals surface area contributed by atoms with E-state index >= 15 is 0 Å². The third kappa shape index (κ3) is 3.08. The van der Waals surface area contributed by atoms with Crippen molar-refractivity contribution in [2.45, 2.75) is 0 Å². The van der Waals surface area contributed by atoms with Gasteiger partial charge in [-0.2, -0.15) is 0 Å². The Morgan fingerprint density at radius 1 is 1.23 bits per heavy atom. The van der Waals surface area contributed by atoms with Crippen LogP contribution in [0.15, 0.2) is 39.7 Å². The predicted octanol–water partition coefficient (Wildman–Crippen LogP) is 5.08. The summed E-state index contributed by atoms with van der Waals surface area (Å²) in [6.45, 7) is 0. The lowest BCUT2D eigenvalue weighted by Gasteiger charge is -2.03. The molecule has 112 valence electrons. The van der Waals surface area contributed by atoms with Gasteiger partial charge >= 0.3 is 0 Å². The average molecular weight is 370 g/mol. The number of thioether (sulfide) groups is 1. The highest BCUT2D eigenvalue weighted by atomic mass is 35.5. The van der Waals surface area contributed by atoms with Crippen molar-refractivity contribution < 1.29 is 9.21 Å². The van der Waals surface area contributed by atoms with E-state index in [9.17, 15) is 4.79 Å². The molecule has 0 N–H and O–H groups in total. The van der Waals surface area contributed by atoms with Crippen LogP contribution in [-0.4, -0.2) is 22.2 Å². The molecule has 1 aliphatic heterocycles. The van der Waals surface area contributed by atoms with Crippen molar-refractivity contribution in [3.05, 3.63) is 51.0 Å². The monoisotopic (exact) mass is 369 g/mol. The minimum Gasteiger partial charge on any atom is -0.457 e. The number of likely N-dealkylation sites (N-methyl/N-ethyl adjacent to an activating group) is 1. The molecule has 3 nitrogen and oxygen atoms in total. The third-order valence-electron chi connectivity index (χ3n) is 3.03. The van der Waals surface area contributed by atoms with E-state index in [4.69, 9.17) is 39.8 Å². The molecule has 7 heteroatoms. The first kappa shape index (κ1) is 15.6.